The number of carbonyl (C=O) groups excluding carboxylic acids is 1. The summed E-state index contributed by atoms with van der Waals surface area (Å²) in [5, 5.41) is 11.4. The zero-order valence-electron chi connectivity index (χ0n) is 14.4. The fraction of sp³-hybridized carbons (Fsp3) is 0.0476. The van der Waals surface area contributed by atoms with Crippen LogP contribution in [0.1, 0.15) is 21.6 Å². The van der Waals surface area contributed by atoms with E-state index in [-0.39, 0.29) is 23.1 Å². The zero-order valence-corrected chi connectivity index (χ0v) is 16.7. The lowest BCUT2D eigenvalue weighted by atomic mass is 9.91. The molecule has 1 N–H and O–H groups in total. The minimum absolute atomic E-state index is 0.145. The van der Waals surface area contributed by atoms with E-state index in [1.165, 1.54) is 10.6 Å². The van der Waals surface area contributed by atoms with Crippen LogP contribution in [0.5, 0.6) is 5.88 Å². The van der Waals surface area contributed by atoms with Crippen LogP contribution in [-0.2, 0) is 11.3 Å². The average molecular weight is 430 g/mol. The molecule has 1 heterocycles. The number of aromatic hydroxyl groups is 1. The standard InChI is InChI=1S/C21H13Cl2NO3S/c22-16-7-5-12(9-17(16)23)11-24-20(26)19(28-21(24)27)10-15-14-4-2-1-3-13(14)6-8-18(15)25/h1-10,26H,11H2/b15-10-. The van der Waals surface area contributed by atoms with Crippen molar-refractivity contribution < 1.29 is 9.90 Å². The van der Waals surface area contributed by atoms with Gasteiger partial charge in [-0.05, 0) is 41.0 Å². The summed E-state index contributed by atoms with van der Waals surface area (Å²) in [6, 6.07) is 12.5. The molecule has 0 atom stereocenters. The third-order valence-electron chi connectivity index (χ3n) is 4.42. The zero-order chi connectivity index (χ0) is 19.8. The Labute approximate surface area is 174 Å². The second-order valence-corrected chi connectivity index (χ2v) is 8.04. The van der Waals surface area contributed by atoms with E-state index in [0.717, 1.165) is 28.0 Å². The van der Waals surface area contributed by atoms with Crippen LogP contribution in [0.2, 0.25) is 10.0 Å². The number of halogens is 2. The van der Waals surface area contributed by atoms with E-state index in [0.29, 0.717) is 20.5 Å². The molecule has 1 aliphatic rings. The van der Waals surface area contributed by atoms with Crippen molar-refractivity contribution in [3.8, 4) is 5.88 Å². The van der Waals surface area contributed by atoms with Crippen LogP contribution < -0.4 is 4.87 Å². The second-order valence-electron chi connectivity index (χ2n) is 6.23. The van der Waals surface area contributed by atoms with Crippen LogP contribution in [-0.4, -0.2) is 15.5 Å². The van der Waals surface area contributed by atoms with Gasteiger partial charge in [-0.1, -0.05) is 70.9 Å². The first-order chi connectivity index (χ1) is 13.4. The van der Waals surface area contributed by atoms with Crippen molar-refractivity contribution in [2.24, 2.45) is 0 Å². The molecule has 1 aliphatic carbocycles. The minimum atomic E-state index is -0.331. The van der Waals surface area contributed by atoms with Crippen LogP contribution >= 0.6 is 34.5 Å². The molecule has 0 radical (unpaired) electrons. The molecule has 1 aromatic heterocycles. The van der Waals surface area contributed by atoms with Gasteiger partial charge in [0.05, 0.1) is 21.5 Å². The summed E-state index contributed by atoms with van der Waals surface area (Å²) in [4.78, 5) is 24.8. The van der Waals surface area contributed by atoms with Crippen molar-refractivity contribution in [2.75, 3.05) is 0 Å². The van der Waals surface area contributed by atoms with Crippen molar-refractivity contribution in [3.63, 3.8) is 0 Å². The summed E-state index contributed by atoms with van der Waals surface area (Å²) in [7, 11) is 0. The minimum Gasteiger partial charge on any atom is -0.493 e. The number of thiazole rings is 1. The Morgan fingerprint density at radius 2 is 1.82 bits per heavy atom. The second kappa shape index (κ2) is 7.43. The van der Waals surface area contributed by atoms with Crippen LogP contribution in [0.15, 0.2) is 53.3 Å². The number of hydrogen-bond donors (Lipinski definition) is 1. The maximum atomic E-state index is 12.4. The Morgan fingerprint density at radius 3 is 2.61 bits per heavy atom. The first-order valence-corrected chi connectivity index (χ1v) is 9.91. The fourth-order valence-corrected chi connectivity index (χ4v) is 4.17. The Kier molecular flexibility index (Phi) is 4.98. The average Bonchev–Trinajstić information content (AvgIpc) is 2.94. The molecule has 3 aromatic rings. The highest BCUT2D eigenvalue weighted by atomic mass is 35.5. The van der Waals surface area contributed by atoms with Gasteiger partial charge < -0.3 is 5.11 Å². The molecular formula is C21H13Cl2NO3S. The first-order valence-electron chi connectivity index (χ1n) is 8.34. The number of benzene rings is 2. The Bertz CT molecular complexity index is 1220. The number of aromatic nitrogens is 1. The topological polar surface area (TPSA) is 59.3 Å². The number of carbonyl (C=O) groups is 1. The van der Waals surface area contributed by atoms with E-state index in [2.05, 4.69) is 0 Å². The predicted molar refractivity (Wildman–Crippen MR) is 114 cm³/mol. The molecule has 2 aromatic carbocycles. The molecule has 0 amide bonds. The Morgan fingerprint density at radius 1 is 1.04 bits per heavy atom. The number of allylic oxidation sites excluding steroid dienone is 2. The van der Waals surface area contributed by atoms with Crippen molar-refractivity contribution in [1.29, 1.82) is 0 Å². The van der Waals surface area contributed by atoms with Crippen LogP contribution in [0.25, 0.3) is 17.7 Å². The van der Waals surface area contributed by atoms with E-state index >= 15 is 0 Å². The molecule has 0 bridgehead atoms. The van der Waals surface area contributed by atoms with Crippen LogP contribution in [0, 0.1) is 0 Å². The highest BCUT2D eigenvalue weighted by molar-refractivity contribution is 7.10. The summed E-state index contributed by atoms with van der Waals surface area (Å²) in [6.45, 7) is 0.145. The van der Waals surface area contributed by atoms with Crippen molar-refractivity contribution in [3.05, 3.63) is 89.8 Å². The maximum absolute atomic E-state index is 12.4. The van der Waals surface area contributed by atoms with Gasteiger partial charge >= 0.3 is 4.87 Å². The van der Waals surface area contributed by atoms with Gasteiger partial charge in [-0.15, -0.1) is 0 Å². The summed E-state index contributed by atoms with van der Waals surface area (Å²) >= 11 is 12.8. The summed E-state index contributed by atoms with van der Waals surface area (Å²) < 4.78 is 1.24. The normalized spacial score (nSPS) is 14.5. The third kappa shape index (κ3) is 3.44. The number of fused-ring (bicyclic) bond motifs is 1. The largest absolute Gasteiger partial charge is 0.493 e. The molecular weight excluding hydrogens is 417 g/mol. The molecule has 140 valence electrons. The Hall–Kier alpha value is -2.60. The SMILES string of the molecule is O=C1C=Cc2ccccc2/C1=C/c1sc(=O)n(Cc2ccc(Cl)c(Cl)c2)c1O. The lowest BCUT2D eigenvalue weighted by Gasteiger charge is -2.12. The lowest BCUT2D eigenvalue weighted by Crippen LogP contribution is -2.13. The van der Waals surface area contributed by atoms with Gasteiger partial charge in [-0.25, -0.2) is 0 Å². The van der Waals surface area contributed by atoms with Crippen molar-refractivity contribution in [1.82, 2.24) is 4.57 Å². The molecule has 0 spiro atoms. The molecule has 0 fully saturated rings. The van der Waals surface area contributed by atoms with Crippen LogP contribution in [0.4, 0.5) is 0 Å². The Balaban J connectivity index is 1.74. The highest BCUT2D eigenvalue weighted by Crippen LogP contribution is 2.32. The van der Waals surface area contributed by atoms with Gasteiger partial charge in [0.1, 0.15) is 0 Å². The monoisotopic (exact) mass is 429 g/mol. The van der Waals surface area contributed by atoms with Gasteiger partial charge in [0.25, 0.3) is 0 Å². The number of ketones is 1. The third-order valence-corrected chi connectivity index (χ3v) is 6.08. The van der Waals surface area contributed by atoms with Gasteiger partial charge in [0, 0.05) is 5.57 Å². The van der Waals surface area contributed by atoms with Crippen molar-refractivity contribution in [2.45, 2.75) is 6.54 Å². The van der Waals surface area contributed by atoms with E-state index in [1.807, 2.05) is 24.3 Å². The lowest BCUT2D eigenvalue weighted by molar-refractivity contribution is -0.109. The van der Waals surface area contributed by atoms with Gasteiger partial charge in [-0.3, -0.25) is 14.2 Å². The van der Waals surface area contributed by atoms with Gasteiger partial charge in [-0.2, -0.15) is 0 Å². The van der Waals surface area contributed by atoms with E-state index in [4.69, 9.17) is 23.2 Å². The number of nitrogens with zero attached hydrogens (tertiary/aromatic N) is 1. The fourth-order valence-electron chi connectivity index (χ4n) is 3.02. The predicted octanol–water partition coefficient (Wildman–Crippen LogP) is 5.11. The van der Waals surface area contributed by atoms with Crippen molar-refractivity contribution >= 4 is 58.0 Å². The molecule has 0 aliphatic heterocycles. The first kappa shape index (κ1) is 18.7. The van der Waals surface area contributed by atoms with Gasteiger partial charge in [0.15, 0.2) is 5.78 Å². The highest BCUT2D eigenvalue weighted by Gasteiger charge is 2.20. The smallest absolute Gasteiger partial charge is 0.310 e. The maximum Gasteiger partial charge on any atom is 0.310 e. The van der Waals surface area contributed by atoms with E-state index < -0.39 is 0 Å². The molecule has 0 saturated carbocycles. The molecule has 4 rings (SSSR count). The molecule has 7 heteroatoms. The number of rotatable bonds is 3. The van der Waals surface area contributed by atoms with Crippen LogP contribution in [0.3, 0.4) is 0 Å². The van der Waals surface area contributed by atoms with E-state index in [1.54, 1.807) is 30.4 Å². The molecule has 0 saturated heterocycles. The summed E-state index contributed by atoms with van der Waals surface area (Å²) in [5.74, 6) is -0.358. The summed E-state index contributed by atoms with van der Waals surface area (Å²) in [5.41, 5.74) is 2.85. The molecule has 0 unspecified atom stereocenters. The molecule has 4 nitrogen and oxygen atoms in total. The van der Waals surface area contributed by atoms with Gasteiger partial charge in [0.2, 0.25) is 5.88 Å². The summed E-state index contributed by atoms with van der Waals surface area (Å²) in [6.07, 6.45) is 4.81. The molecule has 28 heavy (non-hydrogen) atoms. The number of hydrogen-bond acceptors (Lipinski definition) is 4. The van der Waals surface area contributed by atoms with E-state index in [9.17, 15) is 14.7 Å². The quantitative estimate of drug-likeness (QED) is 0.588.